The number of H-pyrrole nitrogens is 1. The molecule has 0 aliphatic heterocycles. The summed E-state index contributed by atoms with van der Waals surface area (Å²) in [5.74, 6) is 0.492. The van der Waals surface area contributed by atoms with Crippen LogP contribution >= 0.6 is 11.6 Å². The zero-order valence-corrected chi connectivity index (χ0v) is 18.1. The van der Waals surface area contributed by atoms with E-state index in [0.29, 0.717) is 40.4 Å². The molecule has 1 N–H and O–H groups in total. The number of nitrogens with zero attached hydrogens (tertiary/aromatic N) is 4. The summed E-state index contributed by atoms with van der Waals surface area (Å²) >= 11 is 6.04. The van der Waals surface area contributed by atoms with Crippen molar-refractivity contribution in [1.82, 2.24) is 24.9 Å². The lowest BCUT2D eigenvalue weighted by atomic mass is 9.76. The van der Waals surface area contributed by atoms with E-state index in [1.807, 2.05) is 0 Å². The number of hydrogen-bond acceptors (Lipinski definition) is 5. The third kappa shape index (κ3) is 3.81. The molecule has 0 aromatic carbocycles. The smallest absolute Gasteiger partial charge is 0.174 e. The van der Waals surface area contributed by atoms with Crippen LogP contribution in [-0.2, 0) is 6.42 Å². The lowest BCUT2D eigenvalue weighted by molar-refractivity contribution is 0.228. The van der Waals surface area contributed by atoms with Gasteiger partial charge in [0.05, 0.1) is 23.7 Å². The van der Waals surface area contributed by atoms with E-state index in [2.05, 4.69) is 52.6 Å². The summed E-state index contributed by atoms with van der Waals surface area (Å²) in [6.07, 6.45) is 6.07. The minimum absolute atomic E-state index is 0.0108. The summed E-state index contributed by atoms with van der Waals surface area (Å²) < 4.78 is 20.9. The maximum absolute atomic E-state index is 15.5. The first-order valence-electron chi connectivity index (χ1n) is 9.88. The summed E-state index contributed by atoms with van der Waals surface area (Å²) in [7, 11) is 0. The zero-order chi connectivity index (χ0) is 21.5. The van der Waals surface area contributed by atoms with Crippen molar-refractivity contribution in [3.05, 3.63) is 47.5 Å². The van der Waals surface area contributed by atoms with Gasteiger partial charge in [-0.05, 0) is 29.9 Å². The lowest BCUT2D eigenvalue weighted by Crippen LogP contribution is -2.23. The van der Waals surface area contributed by atoms with Gasteiger partial charge in [0.2, 0.25) is 0 Å². The molecule has 4 rings (SSSR count). The third-order valence-electron chi connectivity index (χ3n) is 5.42. The van der Waals surface area contributed by atoms with Gasteiger partial charge in [0.15, 0.2) is 23.0 Å². The predicted molar refractivity (Wildman–Crippen MR) is 115 cm³/mol. The van der Waals surface area contributed by atoms with Crippen LogP contribution in [0.15, 0.2) is 35.2 Å². The summed E-state index contributed by atoms with van der Waals surface area (Å²) in [5.41, 5.74) is 2.21. The van der Waals surface area contributed by atoms with E-state index < -0.39 is 5.82 Å². The highest BCUT2D eigenvalue weighted by molar-refractivity contribution is 6.29. The maximum atomic E-state index is 15.5. The molecule has 1 atom stereocenters. The van der Waals surface area contributed by atoms with Crippen LogP contribution in [-0.4, -0.2) is 24.9 Å². The van der Waals surface area contributed by atoms with Crippen molar-refractivity contribution in [2.75, 3.05) is 0 Å². The Balaban J connectivity index is 1.90. The van der Waals surface area contributed by atoms with Crippen LogP contribution in [0, 0.1) is 17.2 Å². The van der Waals surface area contributed by atoms with Gasteiger partial charge in [-0.25, -0.2) is 24.3 Å². The molecule has 0 saturated heterocycles. The molecular weight excluding hydrogens is 405 g/mol. The number of aromatic nitrogens is 5. The normalized spacial score (nSPS) is 13.1. The van der Waals surface area contributed by atoms with Crippen LogP contribution in [0.2, 0.25) is 5.15 Å². The number of aromatic amines is 1. The van der Waals surface area contributed by atoms with E-state index in [1.54, 1.807) is 18.3 Å². The molecule has 4 aromatic rings. The van der Waals surface area contributed by atoms with Gasteiger partial charge < -0.3 is 9.40 Å². The standard InChI is InChI=1S/C22H23ClFN5O/c1-5-12(22(2,3)4)9-14-17(24)19(15-7-6-8-30-15)29-20(27-14)13-10-25-21-18(13)28-16(23)11-26-21/h6-8,10-12H,5,9H2,1-4H3,(H,25,26)/t12-/m0/s1. The van der Waals surface area contributed by atoms with Crippen molar-refractivity contribution in [3.63, 3.8) is 0 Å². The fraction of sp³-hybridized carbons (Fsp3) is 0.364. The van der Waals surface area contributed by atoms with Crippen LogP contribution in [0.5, 0.6) is 0 Å². The van der Waals surface area contributed by atoms with Gasteiger partial charge in [-0.2, -0.15) is 0 Å². The second-order valence-electron chi connectivity index (χ2n) is 8.40. The topological polar surface area (TPSA) is 80.5 Å². The Bertz CT molecular complexity index is 1180. The lowest BCUT2D eigenvalue weighted by Gasteiger charge is -2.29. The first-order valence-corrected chi connectivity index (χ1v) is 10.3. The number of hydrogen-bond donors (Lipinski definition) is 1. The van der Waals surface area contributed by atoms with Gasteiger partial charge >= 0.3 is 0 Å². The van der Waals surface area contributed by atoms with Crippen molar-refractivity contribution < 1.29 is 8.81 Å². The number of rotatable bonds is 5. The Kier molecular flexibility index (Phi) is 5.32. The van der Waals surface area contributed by atoms with Gasteiger partial charge in [0.25, 0.3) is 0 Å². The molecule has 6 nitrogen and oxygen atoms in total. The van der Waals surface area contributed by atoms with Crippen molar-refractivity contribution >= 4 is 22.8 Å². The van der Waals surface area contributed by atoms with Crippen LogP contribution in [0.3, 0.4) is 0 Å². The second kappa shape index (κ2) is 7.80. The van der Waals surface area contributed by atoms with Gasteiger partial charge in [-0.15, -0.1) is 0 Å². The summed E-state index contributed by atoms with van der Waals surface area (Å²) in [5, 5.41) is 0.260. The quantitative estimate of drug-likeness (QED) is 0.417. The highest BCUT2D eigenvalue weighted by atomic mass is 35.5. The zero-order valence-electron chi connectivity index (χ0n) is 17.3. The molecule has 0 spiro atoms. The Morgan fingerprint density at radius 3 is 2.70 bits per heavy atom. The largest absolute Gasteiger partial charge is 0.463 e. The monoisotopic (exact) mass is 427 g/mol. The fourth-order valence-corrected chi connectivity index (χ4v) is 3.80. The molecular formula is C22H23ClFN5O. The number of fused-ring (bicyclic) bond motifs is 1. The Morgan fingerprint density at radius 2 is 2.03 bits per heavy atom. The molecule has 0 amide bonds. The van der Waals surface area contributed by atoms with Gasteiger partial charge in [-0.1, -0.05) is 45.7 Å². The van der Waals surface area contributed by atoms with E-state index in [4.69, 9.17) is 16.0 Å². The molecule has 8 heteroatoms. The maximum Gasteiger partial charge on any atom is 0.174 e. The number of furan rings is 1. The molecule has 4 aromatic heterocycles. The number of nitrogens with one attached hydrogen (secondary N) is 1. The van der Waals surface area contributed by atoms with E-state index in [0.717, 1.165) is 6.42 Å². The molecule has 0 unspecified atom stereocenters. The minimum atomic E-state index is -0.458. The van der Waals surface area contributed by atoms with Crippen molar-refractivity contribution in [2.45, 2.75) is 40.5 Å². The van der Waals surface area contributed by atoms with Crippen LogP contribution in [0.1, 0.15) is 39.8 Å². The van der Waals surface area contributed by atoms with Crippen LogP contribution in [0.4, 0.5) is 4.39 Å². The summed E-state index contributed by atoms with van der Waals surface area (Å²) in [6, 6.07) is 3.39. The van der Waals surface area contributed by atoms with Crippen molar-refractivity contribution in [2.24, 2.45) is 11.3 Å². The molecule has 0 radical (unpaired) electrons. The average molecular weight is 428 g/mol. The Labute approximate surface area is 178 Å². The van der Waals surface area contributed by atoms with Crippen molar-refractivity contribution in [3.8, 4) is 22.8 Å². The van der Waals surface area contributed by atoms with Crippen molar-refractivity contribution in [1.29, 1.82) is 0 Å². The van der Waals surface area contributed by atoms with Gasteiger partial charge in [-0.3, -0.25) is 0 Å². The van der Waals surface area contributed by atoms with Crippen LogP contribution < -0.4 is 0 Å². The highest BCUT2D eigenvalue weighted by Crippen LogP contribution is 2.35. The van der Waals surface area contributed by atoms with E-state index in [-0.39, 0.29) is 22.2 Å². The van der Waals surface area contributed by atoms with Gasteiger partial charge in [0.1, 0.15) is 16.4 Å². The van der Waals surface area contributed by atoms with E-state index in [1.165, 1.54) is 12.5 Å². The molecule has 0 aliphatic rings. The first-order chi connectivity index (χ1) is 14.3. The second-order valence-corrected chi connectivity index (χ2v) is 8.79. The van der Waals surface area contributed by atoms with E-state index in [9.17, 15) is 0 Å². The average Bonchev–Trinajstić information content (AvgIpc) is 3.36. The molecule has 30 heavy (non-hydrogen) atoms. The minimum Gasteiger partial charge on any atom is -0.463 e. The molecule has 156 valence electrons. The summed E-state index contributed by atoms with van der Waals surface area (Å²) in [6.45, 7) is 8.59. The Morgan fingerprint density at radius 1 is 1.23 bits per heavy atom. The van der Waals surface area contributed by atoms with Crippen LogP contribution in [0.25, 0.3) is 34.0 Å². The predicted octanol–water partition coefficient (Wildman–Crippen LogP) is 6.08. The molecule has 0 bridgehead atoms. The van der Waals surface area contributed by atoms with E-state index >= 15 is 4.39 Å². The summed E-state index contributed by atoms with van der Waals surface area (Å²) in [4.78, 5) is 20.7. The fourth-order valence-electron chi connectivity index (χ4n) is 3.66. The van der Waals surface area contributed by atoms with Gasteiger partial charge in [0, 0.05) is 6.20 Å². The molecule has 0 fully saturated rings. The Hall–Kier alpha value is -2.80. The molecule has 0 aliphatic carbocycles. The first kappa shape index (κ1) is 20.5. The number of halogens is 2. The third-order valence-corrected chi connectivity index (χ3v) is 5.61. The molecule has 0 saturated carbocycles. The highest BCUT2D eigenvalue weighted by Gasteiger charge is 2.28. The molecule has 4 heterocycles. The SMILES string of the molecule is CC[C@@H](Cc1nc(-c2c[nH]c3ncc(Cl)nc23)nc(-c2ccco2)c1F)C(C)(C)C.